The molecule has 0 aliphatic carbocycles. The van der Waals surface area contributed by atoms with Gasteiger partial charge in [-0.15, -0.1) is 0 Å². The van der Waals surface area contributed by atoms with Crippen molar-refractivity contribution in [2.45, 2.75) is 12.1 Å². The largest absolute Gasteiger partial charge is 0.481 e. The van der Waals surface area contributed by atoms with Gasteiger partial charge in [0.2, 0.25) is 17.7 Å². The summed E-state index contributed by atoms with van der Waals surface area (Å²) in [6.45, 7) is 2.52. The number of aromatic nitrogens is 2. The second-order valence-corrected chi connectivity index (χ2v) is 5.30. The molecule has 3 rings (SSSR count). The topological polar surface area (TPSA) is 77.0 Å². The van der Waals surface area contributed by atoms with Crippen LogP contribution < -0.4 is 9.64 Å². The molecule has 0 saturated carbocycles. The van der Waals surface area contributed by atoms with Crippen LogP contribution in [0.25, 0.3) is 0 Å². The number of hydrogen-bond acceptors (Lipinski definition) is 7. The number of anilines is 1. The zero-order valence-corrected chi connectivity index (χ0v) is 12.8. The third-order valence-corrected chi connectivity index (χ3v) is 4.02. The van der Waals surface area contributed by atoms with Gasteiger partial charge >= 0.3 is 0 Å². The van der Waals surface area contributed by atoms with Crippen molar-refractivity contribution in [3.63, 3.8) is 0 Å². The summed E-state index contributed by atoms with van der Waals surface area (Å²) < 4.78 is 15.9. The third kappa shape index (κ3) is 2.84. The number of ether oxygens (including phenoxy) is 3. The highest BCUT2D eigenvalue weighted by Gasteiger charge is 2.43. The summed E-state index contributed by atoms with van der Waals surface area (Å²) in [6, 6.07) is 1.71. The van der Waals surface area contributed by atoms with E-state index in [1.807, 2.05) is 9.80 Å². The Hall–Kier alpha value is -1.93. The first-order valence-corrected chi connectivity index (χ1v) is 7.25. The van der Waals surface area contributed by atoms with Crippen LogP contribution in [0.4, 0.5) is 5.95 Å². The molecule has 0 radical (unpaired) electrons. The Bertz CT molecular complexity index is 541. The van der Waals surface area contributed by atoms with E-state index in [0.29, 0.717) is 38.1 Å². The van der Waals surface area contributed by atoms with Crippen LogP contribution in [0.15, 0.2) is 12.3 Å². The molecule has 2 atom stereocenters. The lowest BCUT2D eigenvalue weighted by Crippen LogP contribution is -2.54. The van der Waals surface area contributed by atoms with Gasteiger partial charge in [-0.3, -0.25) is 4.79 Å². The second kappa shape index (κ2) is 6.45. The molecule has 2 unspecified atom stereocenters. The lowest BCUT2D eigenvalue weighted by Gasteiger charge is -2.36. The van der Waals surface area contributed by atoms with Crippen molar-refractivity contribution in [2.75, 3.05) is 52.0 Å². The van der Waals surface area contributed by atoms with E-state index in [1.54, 1.807) is 26.5 Å². The summed E-state index contributed by atoms with van der Waals surface area (Å²) in [6.07, 6.45) is 1.64. The zero-order valence-electron chi connectivity index (χ0n) is 12.8. The highest BCUT2D eigenvalue weighted by atomic mass is 16.5. The van der Waals surface area contributed by atoms with E-state index in [1.165, 1.54) is 0 Å². The van der Waals surface area contributed by atoms with Gasteiger partial charge in [-0.25, -0.2) is 4.98 Å². The molecule has 8 nitrogen and oxygen atoms in total. The number of amides is 1. The standard InChI is InChI=1S/C14H20N4O4/c1-20-6-5-18-10-7-17(8-11(10)22-9-13(18)19)14-15-4-3-12(16-14)21-2/h3-4,10-11H,5-9H2,1-2H3. The van der Waals surface area contributed by atoms with Crippen LogP contribution in [-0.2, 0) is 14.3 Å². The van der Waals surface area contributed by atoms with Gasteiger partial charge in [0.05, 0.1) is 25.9 Å². The summed E-state index contributed by atoms with van der Waals surface area (Å²) in [5, 5.41) is 0. The number of nitrogens with zero attached hydrogens (tertiary/aromatic N) is 4. The number of hydrogen-bond donors (Lipinski definition) is 0. The van der Waals surface area contributed by atoms with E-state index in [0.717, 1.165) is 0 Å². The van der Waals surface area contributed by atoms with E-state index < -0.39 is 0 Å². The Labute approximate surface area is 129 Å². The molecule has 2 saturated heterocycles. The zero-order chi connectivity index (χ0) is 15.5. The van der Waals surface area contributed by atoms with E-state index in [4.69, 9.17) is 14.2 Å². The van der Waals surface area contributed by atoms with Gasteiger partial charge in [0, 0.05) is 39.0 Å². The van der Waals surface area contributed by atoms with E-state index >= 15 is 0 Å². The molecule has 0 aromatic carbocycles. The molecule has 2 fully saturated rings. The summed E-state index contributed by atoms with van der Waals surface area (Å²) in [4.78, 5) is 24.6. The number of rotatable bonds is 5. The Kier molecular flexibility index (Phi) is 4.39. The van der Waals surface area contributed by atoms with Crippen molar-refractivity contribution in [3.05, 3.63) is 12.3 Å². The first kappa shape index (κ1) is 15.0. The molecule has 0 bridgehead atoms. The molecule has 1 aromatic heterocycles. The molecule has 8 heteroatoms. The van der Waals surface area contributed by atoms with Crippen molar-refractivity contribution in [3.8, 4) is 5.88 Å². The number of fused-ring (bicyclic) bond motifs is 1. The Morgan fingerprint density at radius 3 is 3.05 bits per heavy atom. The minimum Gasteiger partial charge on any atom is -0.481 e. The quantitative estimate of drug-likeness (QED) is 0.729. The van der Waals surface area contributed by atoms with Crippen molar-refractivity contribution < 1.29 is 19.0 Å². The van der Waals surface area contributed by atoms with Gasteiger partial charge < -0.3 is 24.0 Å². The number of carbonyl (C=O) groups excluding carboxylic acids is 1. The summed E-state index contributed by atoms with van der Waals surface area (Å²) in [5.74, 6) is 1.12. The normalized spacial score (nSPS) is 24.5. The molecule has 1 amide bonds. The van der Waals surface area contributed by atoms with E-state index in [9.17, 15) is 4.79 Å². The average molecular weight is 308 g/mol. The summed E-state index contributed by atoms with van der Waals surface area (Å²) in [7, 11) is 3.21. The minimum absolute atomic E-state index is 0.00574. The fraction of sp³-hybridized carbons (Fsp3) is 0.643. The molecular formula is C14H20N4O4. The van der Waals surface area contributed by atoms with Gasteiger partial charge in [-0.05, 0) is 0 Å². The van der Waals surface area contributed by atoms with Crippen LogP contribution in [0, 0.1) is 0 Å². The summed E-state index contributed by atoms with van der Waals surface area (Å²) >= 11 is 0. The molecule has 22 heavy (non-hydrogen) atoms. The lowest BCUT2D eigenvalue weighted by atomic mass is 10.1. The van der Waals surface area contributed by atoms with E-state index in [-0.39, 0.29) is 24.7 Å². The molecule has 120 valence electrons. The Morgan fingerprint density at radius 1 is 1.41 bits per heavy atom. The van der Waals surface area contributed by atoms with Crippen LogP contribution in [0.3, 0.4) is 0 Å². The fourth-order valence-electron chi connectivity index (χ4n) is 2.91. The predicted molar refractivity (Wildman–Crippen MR) is 77.9 cm³/mol. The van der Waals surface area contributed by atoms with Crippen molar-refractivity contribution in [1.29, 1.82) is 0 Å². The molecule has 2 aliphatic heterocycles. The monoisotopic (exact) mass is 308 g/mol. The molecular weight excluding hydrogens is 288 g/mol. The Morgan fingerprint density at radius 2 is 2.27 bits per heavy atom. The Balaban J connectivity index is 1.75. The maximum atomic E-state index is 12.1. The summed E-state index contributed by atoms with van der Waals surface area (Å²) in [5.41, 5.74) is 0. The van der Waals surface area contributed by atoms with Gasteiger partial charge in [-0.2, -0.15) is 4.98 Å². The van der Waals surface area contributed by atoms with Gasteiger partial charge in [0.1, 0.15) is 6.61 Å². The van der Waals surface area contributed by atoms with Gasteiger partial charge in [-0.1, -0.05) is 0 Å². The smallest absolute Gasteiger partial charge is 0.249 e. The molecule has 0 spiro atoms. The van der Waals surface area contributed by atoms with E-state index in [2.05, 4.69) is 9.97 Å². The molecule has 0 N–H and O–H groups in total. The molecule has 1 aromatic rings. The first-order chi connectivity index (χ1) is 10.7. The SMILES string of the molecule is COCCN1C(=O)COC2CN(c3nccc(OC)n3)CC21. The van der Waals surface area contributed by atoms with Crippen LogP contribution in [0.5, 0.6) is 5.88 Å². The second-order valence-electron chi connectivity index (χ2n) is 5.30. The predicted octanol–water partition coefficient (Wildman–Crippen LogP) is -0.452. The highest BCUT2D eigenvalue weighted by Crippen LogP contribution is 2.26. The first-order valence-electron chi connectivity index (χ1n) is 7.25. The third-order valence-electron chi connectivity index (χ3n) is 4.02. The van der Waals surface area contributed by atoms with Crippen molar-refractivity contribution >= 4 is 11.9 Å². The van der Waals surface area contributed by atoms with Crippen molar-refractivity contribution in [2.24, 2.45) is 0 Å². The minimum atomic E-state index is -0.0237. The van der Waals surface area contributed by atoms with Crippen LogP contribution >= 0.6 is 0 Å². The average Bonchev–Trinajstić information content (AvgIpc) is 2.98. The van der Waals surface area contributed by atoms with Crippen LogP contribution in [0.2, 0.25) is 0 Å². The van der Waals surface area contributed by atoms with Crippen LogP contribution in [-0.4, -0.2) is 80.0 Å². The number of methoxy groups -OCH3 is 2. The number of carbonyl (C=O) groups is 1. The lowest BCUT2D eigenvalue weighted by molar-refractivity contribution is -0.153. The van der Waals surface area contributed by atoms with Crippen LogP contribution in [0.1, 0.15) is 0 Å². The highest BCUT2D eigenvalue weighted by molar-refractivity contribution is 5.79. The fourth-order valence-corrected chi connectivity index (χ4v) is 2.91. The maximum absolute atomic E-state index is 12.1. The molecule has 3 heterocycles. The molecule has 2 aliphatic rings. The van der Waals surface area contributed by atoms with Gasteiger partial charge in [0.25, 0.3) is 0 Å². The van der Waals surface area contributed by atoms with Crippen molar-refractivity contribution in [1.82, 2.24) is 14.9 Å². The maximum Gasteiger partial charge on any atom is 0.249 e. The number of morpholine rings is 1. The van der Waals surface area contributed by atoms with Gasteiger partial charge in [0.15, 0.2) is 0 Å².